The van der Waals surface area contributed by atoms with Crippen molar-refractivity contribution in [3.05, 3.63) is 69.2 Å². The van der Waals surface area contributed by atoms with Gasteiger partial charge in [0.15, 0.2) is 0 Å². The molecule has 9 nitrogen and oxygen atoms in total. The zero-order chi connectivity index (χ0) is 20.4. The maximum absolute atomic E-state index is 12.4. The standard InChI is InChI=1S/C18H13ClN6O3S/c1-28-17(27)10-5-6-13-14(7-10)20-15(21-16(13)26)9-29-18-22-23-24-25(18)12-4-2-3-11(19)8-12/h2-8H,9H2,1H3,(H,20,21,26). The Morgan fingerprint density at radius 2 is 2.14 bits per heavy atom. The summed E-state index contributed by atoms with van der Waals surface area (Å²) in [6.07, 6.45) is 0. The summed E-state index contributed by atoms with van der Waals surface area (Å²) in [6, 6.07) is 11.7. The van der Waals surface area contributed by atoms with Crippen LogP contribution in [0.2, 0.25) is 5.02 Å². The summed E-state index contributed by atoms with van der Waals surface area (Å²) in [5.41, 5.74) is 1.15. The predicted octanol–water partition coefficient (Wildman–Crippen LogP) is 2.63. The maximum atomic E-state index is 12.4. The molecule has 4 aromatic rings. The number of tetrazole rings is 1. The van der Waals surface area contributed by atoms with Crippen LogP contribution in [-0.2, 0) is 10.5 Å². The summed E-state index contributed by atoms with van der Waals surface area (Å²) in [6.45, 7) is 0. The third-order valence-corrected chi connectivity index (χ3v) is 5.17. The fourth-order valence-corrected chi connectivity index (χ4v) is 3.62. The molecule has 0 saturated carbocycles. The largest absolute Gasteiger partial charge is 0.465 e. The first-order valence-electron chi connectivity index (χ1n) is 8.33. The van der Waals surface area contributed by atoms with Crippen molar-refractivity contribution in [2.24, 2.45) is 0 Å². The van der Waals surface area contributed by atoms with E-state index in [9.17, 15) is 9.59 Å². The van der Waals surface area contributed by atoms with Crippen LogP contribution in [0.1, 0.15) is 16.2 Å². The van der Waals surface area contributed by atoms with Gasteiger partial charge in [-0.25, -0.2) is 9.78 Å². The molecule has 4 rings (SSSR count). The monoisotopic (exact) mass is 428 g/mol. The number of ether oxygens (including phenoxy) is 1. The van der Waals surface area contributed by atoms with Crippen molar-refractivity contribution in [3.63, 3.8) is 0 Å². The highest BCUT2D eigenvalue weighted by Gasteiger charge is 2.13. The van der Waals surface area contributed by atoms with Crippen LogP contribution < -0.4 is 5.56 Å². The highest BCUT2D eigenvalue weighted by molar-refractivity contribution is 7.98. The summed E-state index contributed by atoms with van der Waals surface area (Å²) in [4.78, 5) is 31.3. The van der Waals surface area contributed by atoms with E-state index in [1.165, 1.54) is 31.0 Å². The van der Waals surface area contributed by atoms with Crippen molar-refractivity contribution < 1.29 is 9.53 Å². The predicted molar refractivity (Wildman–Crippen MR) is 107 cm³/mol. The highest BCUT2D eigenvalue weighted by atomic mass is 35.5. The Balaban J connectivity index is 1.62. The first-order chi connectivity index (χ1) is 14.0. The number of rotatable bonds is 5. The minimum Gasteiger partial charge on any atom is -0.465 e. The van der Waals surface area contributed by atoms with Crippen LogP contribution in [0.5, 0.6) is 0 Å². The van der Waals surface area contributed by atoms with Gasteiger partial charge in [-0.05, 0) is 46.8 Å². The highest BCUT2D eigenvalue weighted by Crippen LogP contribution is 2.23. The molecule has 2 aromatic carbocycles. The van der Waals surface area contributed by atoms with E-state index >= 15 is 0 Å². The Hall–Kier alpha value is -3.24. The van der Waals surface area contributed by atoms with Crippen LogP contribution in [0.15, 0.2) is 52.4 Å². The number of hydrogen-bond acceptors (Lipinski definition) is 8. The van der Waals surface area contributed by atoms with E-state index in [1.54, 1.807) is 28.9 Å². The molecule has 2 aromatic heterocycles. The van der Waals surface area contributed by atoms with Gasteiger partial charge in [-0.3, -0.25) is 4.79 Å². The number of methoxy groups -OCH3 is 1. The van der Waals surface area contributed by atoms with Gasteiger partial charge in [0, 0.05) is 5.02 Å². The molecule has 0 aliphatic carbocycles. The Kier molecular flexibility index (Phi) is 5.28. The van der Waals surface area contributed by atoms with Crippen LogP contribution in [0, 0.1) is 0 Å². The number of carbonyl (C=O) groups excluding carboxylic acids is 1. The molecule has 0 atom stereocenters. The lowest BCUT2D eigenvalue weighted by Gasteiger charge is -2.06. The molecule has 0 unspecified atom stereocenters. The number of nitrogens with one attached hydrogen (secondary N) is 1. The minimum absolute atomic E-state index is 0.295. The molecule has 0 radical (unpaired) electrons. The number of nitrogens with zero attached hydrogens (tertiary/aromatic N) is 5. The van der Waals surface area contributed by atoms with Gasteiger partial charge in [0.1, 0.15) is 5.82 Å². The van der Waals surface area contributed by atoms with E-state index in [1.807, 2.05) is 6.07 Å². The molecule has 2 heterocycles. The Labute approximate surface area is 173 Å². The van der Waals surface area contributed by atoms with Crippen LogP contribution in [0.25, 0.3) is 16.6 Å². The van der Waals surface area contributed by atoms with Crippen molar-refractivity contribution >= 4 is 40.2 Å². The molecule has 0 saturated heterocycles. The summed E-state index contributed by atoms with van der Waals surface area (Å²) in [7, 11) is 1.30. The molecule has 0 spiro atoms. The lowest BCUT2D eigenvalue weighted by Crippen LogP contribution is -2.12. The second kappa shape index (κ2) is 8.02. The SMILES string of the molecule is COC(=O)c1ccc2c(=O)[nH]c(CSc3nnnn3-c3cccc(Cl)c3)nc2c1. The van der Waals surface area contributed by atoms with Gasteiger partial charge in [0.25, 0.3) is 5.56 Å². The van der Waals surface area contributed by atoms with Gasteiger partial charge in [-0.15, -0.1) is 5.10 Å². The average Bonchev–Trinajstić information content (AvgIpc) is 3.20. The zero-order valence-corrected chi connectivity index (χ0v) is 16.6. The van der Waals surface area contributed by atoms with Crippen molar-refractivity contribution in [1.29, 1.82) is 0 Å². The van der Waals surface area contributed by atoms with Crippen LogP contribution >= 0.6 is 23.4 Å². The third kappa shape index (κ3) is 3.98. The number of hydrogen-bond donors (Lipinski definition) is 1. The van der Waals surface area contributed by atoms with E-state index in [0.717, 1.165) is 0 Å². The number of thioether (sulfide) groups is 1. The number of halogens is 1. The molecule has 11 heteroatoms. The van der Waals surface area contributed by atoms with Gasteiger partial charge in [-0.2, -0.15) is 4.68 Å². The lowest BCUT2D eigenvalue weighted by molar-refractivity contribution is 0.0601. The molecule has 0 fully saturated rings. The van der Waals surface area contributed by atoms with E-state index in [4.69, 9.17) is 16.3 Å². The lowest BCUT2D eigenvalue weighted by atomic mass is 10.1. The van der Waals surface area contributed by atoms with Crippen LogP contribution in [0.4, 0.5) is 0 Å². The summed E-state index contributed by atoms with van der Waals surface area (Å²) < 4.78 is 6.26. The first kappa shape index (κ1) is 19.1. The number of aromatic amines is 1. The topological polar surface area (TPSA) is 116 Å². The quantitative estimate of drug-likeness (QED) is 0.381. The van der Waals surface area contributed by atoms with E-state index in [2.05, 4.69) is 25.5 Å². The van der Waals surface area contributed by atoms with Crippen LogP contribution in [-0.4, -0.2) is 43.3 Å². The van der Waals surface area contributed by atoms with Crippen LogP contribution in [0.3, 0.4) is 0 Å². The number of esters is 1. The van der Waals surface area contributed by atoms with Crippen molar-refractivity contribution in [3.8, 4) is 5.69 Å². The Bertz CT molecular complexity index is 1270. The average molecular weight is 429 g/mol. The van der Waals surface area contributed by atoms with Gasteiger partial charge in [-0.1, -0.05) is 29.4 Å². The maximum Gasteiger partial charge on any atom is 0.337 e. The van der Waals surface area contributed by atoms with Crippen molar-refractivity contribution in [2.75, 3.05) is 7.11 Å². The molecular formula is C18H13ClN6O3S. The summed E-state index contributed by atoms with van der Waals surface area (Å²) in [5.74, 6) is 0.245. The Morgan fingerprint density at radius 1 is 1.28 bits per heavy atom. The van der Waals surface area contributed by atoms with Gasteiger partial charge in [0.2, 0.25) is 5.16 Å². The van der Waals surface area contributed by atoms with Gasteiger partial charge < -0.3 is 9.72 Å². The molecular weight excluding hydrogens is 416 g/mol. The summed E-state index contributed by atoms with van der Waals surface area (Å²) >= 11 is 7.33. The van der Waals surface area contributed by atoms with Crippen molar-refractivity contribution in [1.82, 2.24) is 30.2 Å². The minimum atomic E-state index is -0.495. The smallest absolute Gasteiger partial charge is 0.337 e. The van der Waals surface area contributed by atoms with Gasteiger partial charge in [0.05, 0.1) is 35.0 Å². The normalized spacial score (nSPS) is 11.0. The molecule has 0 aliphatic heterocycles. The molecule has 29 heavy (non-hydrogen) atoms. The second-order valence-corrected chi connectivity index (χ2v) is 7.26. The molecule has 0 bridgehead atoms. The van der Waals surface area contributed by atoms with Gasteiger partial charge >= 0.3 is 5.97 Å². The molecule has 0 aliphatic rings. The number of H-pyrrole nitrogens is 1. The number of aromatic nitrogens is 6. The fourth-order valence-electron chi connectivity index (χ4n) is 2.67. The number of fused-ring (bicyclic) bond motifs is 1. The zero-order valence-electron chi connectivity index (χ0n) is 15.0. The second-order valence-electron chi connectivity index (χ2n) is 5.88. The fraction of sp³-hybridized carbons (Fsp3) is 0.111. The first-order valence-corrected chi connectivity index (χ1v) is 9.70. The molecule has 146 valence electrons. The molecule has 1 N–H and O–H groups in total. The molecule has 0 amide bonds. The number of carbonyl (C=O) groups is 1. The van der Waals surface area contributed by atoms with Crippen molar-refractivity contribution in [2.45, 2.75) is 10.9 Å². The van der Waals surface area contributed by atoms with E-state index in [0.29, 0.717) is 43.9 Å². The Morgan fingerprint density at radius 3 is 2.93 bits per heavy atom. The third-order valence-electron chi connectivity index (χ3n) is 4.01. The van der Waals surface area contributed by atoms with E-state index in [-0.39, 0.29) is 5.56 Å². The van der Waals surface area contributed by atoms with E-state index < -0.39 is 5.97 Å². The summed E-state index contributed by atoms with van der Waals surface area (Å²) in [5, 5.41) is 13.2. The number of benzene rings is 2.